The summed E-state index contributed by atoms with van der Waals surface area (Å²) in [5.41, 5.74) is 0.382. The topological polar surface area (TPSA) is 17.1 Å². The van der Waals surface area contributed by atoms with Gasteiger partial charge in [0.1, 0.15) is 0 Å². The minimum absolute atomic E-state index is 0.382. The van der Waals surface area contributed by atoms with E-state index >= 15 is 0 Å². The molecule has 0 aliphatic carbocycles. The molecule has 0 amide bonds. The Kier molecular flexibility index (Phi) is 3.14. The molecule has 1 nitrogen and oxygen atoms in total. The monoisotopic (exact) mass is 202 g/mol. The normalized spacial score (nSPS) is 10.7. The molecule has 1 aromatic rings. The molecule has 0 radical (unpaired) electrons. The van der Waals surface area contributed by atoms with Crippen molar-refractivity contribution in [3.05, 3.63) is 41.5 Å². The smallest absolute Gasteiger partial charge is 0.245 e. The maximum Gasteiger partial charge on any atom is 0.245 e. The van der Waals surface area contributed by atoms with Crippen molar-refractivity contribution in [2.24, 2.45) is 0 Å². The zero-order valence-corrected chi connectivity index (χ0v) is 7.18. The Bertz CT molecular complexity index is 361. The van der Waals surface area contributed by atoms with E-state index in [0.717, 1.165) is 18.2 Å². The van der Waals surface area contributed by atoms with Crippen molar-refractivity contribution in [1.82, 2.24) is 0 Å². The molecule has 0 fully saturated rings. The van der Waals surface area contributed by atoms with Crippen LogP contribution in [0.4, 0.5) is 8.78 Å². The maximum absolute atomic E-state index is 12.6. The Morgan fingerprint density at radius 1 is 1.31 bits per heavy atom. The van der Waals surface area contributed by atoms with Gasteiger partial charge in [0, 0.05) is 0 Å². The highest BCUT2D eigenvalue weighted by atomic mass is 35.5. The number of hydrogen-bond acceptors (Lipinski definition) is 1. The molecule has 0 aliphatic heterocycles. The molecule has 1 aromatic carbocycles. The summed E-state index contributed by atoms with van der Waals surface area (Å²) in [6.07, 6.45) is 2.37. The van der Waals surface area contributed by atoms with Crippen molar-refractivity contribution in [3.8, 4) is 0 Å². The predicted molar refractivity (Wildman–Crippen MR) is 46.3 cm³/mol. The zero-order valence-electron chi connectivity index (χ0n) is 6.43. The molecule has 0 N–H and O–H groups in total. The molecule has 0 unspecified atom stereocenters. The van der Waals surface area contributed by atoms with Gasteiger partial charge in [0.2, 0.25) is 5.24 Å². The highest BCUT2D eigenvalue weighted by Crippen LogP contribution is 2.09. The average Bonchev–Trinajstić information content (AvgIpc) is 2.07. The second-order valence-electron chi connectivity index (χ2n) is 2.31. The number of halogens is 3. The highest BCUT2D eigenvalue weighted by molar-refractivity contribution is 6.66. The summed E-state index contributed by atoms with van der Waals surface area (Å²) < 4.78 is 25.0. The summed E-state index contributed by atoms with van der Waals surface area (Å²) in [7, 11) is 0. The van der Waals surface area contributed by atoms with E-state index in [2.05, 4.69) is 0 Å². The van der Waals surface area contributed by atoms with Gasteiger partial charge in [0.25, 0.3) is 0 Å². The van der Waals surface area contributed by atoms with Crippen molar-refractivity contribution in [2.75, 3.05) is 0 Å². The summed E-state index contributed by atoms with van der Waals surface area (Å²) in [5, 5.41) is -0.662. The molecule has 0 aliphatic rings. The number of hydrogen-bond donors (Lipinski definition) is 0. The third-order valence-electron chi connectivity index (χ3n) is 1.35. The number of benzene rings is 1. The molecule has 0 saturated heterocycles. The molecule has 0 saturated carbocycles. The molecule has 4 heteroatoms. The van der Waals surface area contributed by atoms with Crippen molar-refractivity contribution in [2.45, 2.75) is 0 Å². The number of allylic oxidation sites excluding steroid dienone is 1. The molecule has 68 valence electrons. The maximum atomic E-state index is 12.6. The first-order valence-corrected chi connectivity index (χ1v) is 3.80. The molecule has 13 heavy (non-hydrogen) atoms. The van der Waals surface area contributed by atoms with E-state index in [1.165, 1.54) is 12.1 Å². The number of carbonyl (C=O) groups is 1. The second-order valence-corrected chi connectivity index (χ2v) is 2.68. The fourth-order valence-corrected chi connectivity index (χ4v) is 0.841. The van der Waals surface area contributed by atoms with Gasteiger partial charge in [-0.15, -0.1) is 0 Å². The van der Waals surface area contributed by atoms with Crippen LogP contribution in [0, 0.1) is 11.6 Å². The van der Waals surface area contributed by atoms with Crippen LogP contribution in [0.1, 0.15) is 5.56 Å². The fraction of sp³-hybridized carbons (Fsp3) is 0. The van der Waals surface area contributed by atoms with Crippen LogP contribution in [0.3, 0.4) is 0 Å². The largest absolute Gasteiger partial charge is 0.276 e. The first kappa shape index (κ1) is 9.86. The highest BCUT2D eigenvalue weighted by Gasteiger charge is 1.99. The van der Waals surface area contributed by atoms with Gasteiger partial charge in [0.15, 0.2) is 11.6 Å². The van der Waals surface area contributed by atoms with Crippen LogP contribution in [0.2, 0.25) is 0 Å². The Hall–Kier alpha value is -1.22. The van der Waals surface area contributed by atoms with Crippen molar-refractivity contribution < 1.29 is 13.6 Å². The van der Waals surface area contributed by atoms with E-state index in [-0.39, 0.29) is 0 Å². The van der Waals surface area contributed by atoms with E-state index in [0.29, 0.717) is 5.56 Å². The van der Waals surface area contributed by atoms with Crippen LogP contribution in [0.15, 0.2) is 24.3 Å². The SMILES string of the molecule is O=C(Cl)/C=C/c1ccc(F)c(F)c1. The van der Waals surface area contributed by atoms with Crippen LogP contribution in [-0.2, 0) is 4.79 Å². The third-order valence-corrected chi connectivity index (χ3v) is 1.48. The lowest BCUT2D eigenvalue weighted by Crippen LogP contribution is -1.84. The summed E-state index contributed by atoms with van der Waals surface area (Å²) in [4.78, 5) is 10.3. The molecule has 0 heterocycles. The summed E-state index contributed by atoms with van der Waals surface area (Å²) >= 11 is 5.01. The Labute approximate surface area is 78.6 Å². The van der Waals surface area contributed by atoms with Gasteiger partial charge < -0.3 is 0 Å². The van der Waals surface area contributed by atoms with Crippen LogP contribution in [-0.4, -0.2) is 5.24 Å². The van der Waals surface area contributed by atoms with E-state index in [9.17, 15) is 13.6 Å². The van der Waals surface area contributed by atoms with E-state index in [4.69, 9.17) is 11.6 Å². The Morgan fingerprint density at radius 2 is 2.00 bits per heavy atom. The Balaban J connectivity index is 2.92. The minimum atomic E-state index is -0.954. The van der Waals surface area contributed by atoms with Gasteiger partial charge in [-0.1, -0.05) is 12.1 Å². The van der Waals surface area contributed by atoms with Gasteiger partial charge >= 0.3 is 0 Å². The zero-order chi connectivity index (χ0) is 9.84. The summed E-state index contributed by atoms with van der Waals surface area (Å²) in [6.45, 7) is 0. The molecule has 0 aromatic heterocycles. The predicted octanol–water partition coefficient (Wildman–Crippen LogP) is 2.74. The molecule has 0 atom stereocenters. The minimum Gasteiger partial charge on any atom is -0.276 e. The summed E-state index contributed by atoms with van der Waals surface area (Å²) in [6, 6.07) is 3.30. The van der Waals surface area contributed by atoms with Gasteiger partial charge in [-0.05, 0) is 35.4 Å². The van der Waals surface area contributed by atoms with E-state index < -0.39 is 16.9 Å². The van der Waals surface area contributed by atoms with Crippen LogP contribution in [0.25, 0.3) is 6.08 Å². The van der Waals surface area contributed by atoms with Gasteiger partial charge in [-0.25, -0.2) is 8.78 Å². The number of carbonyl (C=O) groups excluding carboxylic acids is 1. The summed E-state index contributed by atoms with van der Waals surface area (Å²) in [5.74, 6) is -1.88. The molecule has 0 spiro atoms. The third kappa shape index (κ3) is 2.95. The lowest BCUT2D eigenvalue weighted by Gasteiger charge is -1.94. The van der Waals surface area contributed by atoms with Crippen LogP contribution < -0.4 is 0 Å². The van der Waals surface area contributed by atoms with E-state index in [1.807, 2.05) is 0 Å². The van der Waals surface area contributed by atoms with Crippen molar-refractivity contribution in [1.29, 1.82) is 0 Å². The molecule has 1 rings (SSSR count). The van der Waals surface area contributed by atoms with Crippen molar-refractivity contribution >= 4 is 22.9 Å². The lowest BCUT2D eigenvalue weighted by molar-refractivity contribution is -0.107. The second kappa shape index (κ2) is 4.14. The van der Waals surface area contributed by atoms with Crippen LogP contribution >= 0.6 is 11.6 Å². The van der Waals surface area contributed by atoms with Crippen molar-refractivity contribution in [3.63, 3.8) is 0 Å². The first-order chi connectivity index (χ1) is 6.09. The molecule has 0 bridgehead atoms. The number of rotatable bonds is 2. The Morgan fingerprint density at radius 3 is 2.54 bits per heavy atom. The standard InChI is InChI=1S/C9H5ClF2O/c10-9(13)4-2-6-1-3-7(11)8(12)5-6/h1-5H/b4-2+. The van der Waals surface area contributed by atoms with E-state index in [1.54, 1.807) is 0 Å². The fourth-order valence-electron chi connectivity index (χ4n) is 0.778. The first-order valence-electron chi connectivity index (χ1n) is 3.42. The quantitative estimate of drug-likeness (QED) is 0.532. The average molecular weight is 203 g/mol. The van der Waals surface area contributed by atoms with Gasteiger partial charge in [-0.2, -0.15) is 0 Å². The lowest BCUT2D eigenvalue weighted by atomic mass is 10.2. The van der Waals surface area contributed by atoms with Crippen LogP contribution in [0.5, 0.6) is 0 Å². The van der Waals surface area contributed by atoms with Gasteiger partial charge in [-0.3, -0.25) is 4.79 Å². The molecular formula is C9H5ClF2O. The van der Waals surface area contributed by atoms with Gasteiger partial charge in [0.05, 0.1) is 0 Å². The molecular weight excluding hydrogens is 198 g/mol.